The Morgan fingerprint density at radius 2 is 1.25 bits per heavy atom. The van der Waals surface area contributed by atoms with E-state index in [0.717, 1.165) is 28.3 Å². The third kappa shape index (κ3) is 3.05. The van der Waals surface area contributed by atoms with E-state index < -0.39 is 0 Å². The zero-order chi connectivity index (χ0) is 17.1. The van der Waals surface area contributed by atoms with Gasteiger partial charge in [-0.25, -0.2) is 0 Å². The van der Waals surface area contributed by atoms with Gasteiger partial charge in [-0.1, -0.05) is 0 Å². The molecule has 0 fully saturated rings. The highest BCUT2D eigenvalue weighted by molar-refractivity contribution is 5.54. The molecule has 0 atom stereocenters. The number of methoxy groups -OCH3 is 1. The van der Waals surface area contributed by atoms with Crippen LogP contribution < -0.4 is 13.7 Å². The molecular formula is C20H24N3O+3. The molecule has 3 aromatic rings. The van der Waals surface area contributed by atoms with E-state index in [0.29, 0.717) is 6.61 Å². The van der Waals surface area contributed by atoms with Crippen LogP contribution in [0, 0.1) is 0 Å². The number of aromatic nitrogens is 3. The Bertz CT molecular complexity index is 808. The summed E-state index contributed by atoms with van der Waals surface area (Å²) in [5.41, 5.74) is 5.81. The van der Waals surface area contributed by atoms with Crippen molar-refractivity contribution < 1.29 is 18.4 Å². The molecule has 0 radical (unpaired) electrons. The van der Waals surface area contributed by atoms with Crippen molar-refractivity contribution in [3.63, 3.8) is 0 Å². The molecule has 0 aliphatic carbocycles. The number of hydrogen-bond acceptors (Lipinski definition) is 1. The molecule has 4 nitrogen and oxygen atoms in total. The van der Waals surface area contributed by atoms with Crippen molar-refractivity contribution in [1.82, 2.24) is 0 Å². The molecule has 0 aliphatic heterocycles. The highest BCUT2D eigenvalue weighted by atomic mass is 16.5. The Morgan fingerprint density at radius 3 is 1.67 bits per heavy atom. The molecule has 122 valence electrons. The fourth-order valence-electron chi connectivity index (χ4n) is 3.04. The van der Waals surface area contributed by atoms with Gasteiger partial charge in [-0.05, 0) is 17.7 Å². The summed E-state index contributed by atoms with van der Waals surface area (Å²) in [6.07, 6.45) is 4.14. The number of aryl methyl sites for hydroxylation is 2. The van der Waals surface area contributed by atoms with E-state index in [1.54, 1.807) is 7.11 Å². The van der Waals surface area contributed by atoms with Crippen LogP contribution in [0.25, 0.3) is 22.8 Å². The molecule has 0 aliphatic rings. The van der Waals surface area contributed by atoms with Gasteiger partial charge in [-0.3, -0.25) is 0 Å². The van der Waals surface area contributed by atoms with Gasteiger partial charge in [0.05, 0.1) is 6.61 Å². The van der Waals surface area contributed by atoms with Gasteiger partial charge in [-0.15, -0.1) is 0 Å². The smallest absolute Gasteiger partial charge is 0.278 e. The van der Waals surface area contributed by atoms with Crippen LogP contribution in [0.3, 0.4) is 0 Å². The van der Waals surface area contributed by atoms with E-state index >= 15 is 0 Å². The van der Waals surface area contributed by atoms with Crippen LogP contribution in [0.4, 0.5) is 0 Å². The fourth-order valence-corrected chi connectivity index (χ4v) is 3.04. The summed E-state index contributed by atoms with van der Waals surface area (Å²) in [4.78, 5) is 0. The van der Waals surface area contributed by atoms with Gasteiger partial charge in [0.2, 0.25) is 0 Å². The topological polar surface area (TPSA) is 20.9 Å². The summed E-state index contributed by atoms with van der Waals surface area (Å²) in [5, 5.41) is 0. The molecule has 24 heavy (non-hydrogen) atoms. The molecule has 0 aromatic carbocycles. The van der Waals surface area contributed by atoms with Gasteiger partial charge < -0.3 is 4.74 Å². The summed E-state index contributed by atoms with van der Waals surface area (Å²) in [6.45, 7) is 0.591. The van der Waals surface area contributed by atoms with Crippen molar-refractivity contribution in [3.8, 4) is 22.8 Å². The number of nitrogens with zero attached hydrogens (tertiary/aromatic N) is 3. The molecule has 3 aromatic heterocycles. The van der Waals surface area contributed by atoms with Crippen LogP contribution in [0.15, 0.2) is 60.9 Å². The number of pyridine rings is 3. The largest absolute Gasteiger partial charge is 0.380 e. The molecule has 0 saturated heterocycles. The second kappa shape index (κ2) is 6.89. The highest BCUT2D eigenvalue weighted by Crippen LogP contribution is 2.19. The first-order valence-corrected chi connectivity index (χ1v) is 8.03. The van der Waals surface area contributed by atoms with Crippen molar-refractivity contribution in [1.29, 1.82) is 0 Å². The minimum absolute atomic E-state index is 0.591. The van der Waals surface area contributed by atoms with Crippen LogP contribution in [0.5, 0.6) is 0 Å². The number of rotatable bonds is 4. The minimum atomic E-state index is 0.591. The van der Waals surface area contributed by atoms with Crippen molar-refractivity contribution >= 4 is 0 Å². The molecular weight excluding hydrogens is 298 g/mol. The number of ether oxygens (including phenoxy) is 1. The van der Waals surface area contributed by atoms with Crippen molar-refractivity contribution in [2.45, 2.75) is 6.61 Å². The highest BCUT2D eigenvalue weighted by Gasteiger charge is 2.27. The van der Waals surface area contributed by atoms with E-state index in [1.165, 1.54) is 0 Å². The predicted molar refractivity (Wildman–Crippen MR) is 91.6 cm³/mol. The summed E-state index contributed by atoms with van der Waals surface area (Å²) in [6, 6.07) is 16.9. The first kappa shape index (κ1) is 16.3. The average molecular weight is 322 g/mol. The van der Waals surface area contributed by atoms with Gasteiger partial charge >= 0.3 is 0 Å². The molecule has 0 bridgehead atoms. The zero-order valence-corrected chi connectivity index (χ0v) is 14.7. The van der Waals surface area contributed by atoms with Crippen LogP contribution >= 0.6 is 0 Å². The lowest BCUT2D eigenvalue weighted by atomic mass is 10.1. The Hall–Kier alpha value is -2.59. The van der Waals surface area contributed by atoms with Crippen molar-refractivity contribution in [3.05, 3.63) is 66.5 Å². The van der Waals surface area contributed by atoms with Gasteiger partial charge in [0.15, 0.2) is 12.4 Å². The fraction of sp³-hybridized carbons (Fsp3) is 0.250. The van der Waals surface area contributed by atoms with Crippen molar-refractivity contribution in [2.75, 3.05) is 7.11 Å². The SMILES string of the molecule is COCc1cc(-c2cccc[n+]2C)[n+](C)c(-c2cccc[n+]2C)c1. The maximum atomic E-state index is 5.39. The molecule has 0 saturated carbocycles. The van der Waals surface area contributed by atoms with E-state index in [1.807, 2.05) is 12.1 Å². The maximum absolute atomic E-state index is 5.39. The van der Waals surface area contributed by atoms with Crippen molar-refractivity contribution in [2.24, 2.45) is 21.1 Å². The van der Waals surface area contributed by atoms with Crippen LogP contribution in [-0.2, 0) is 32.5 Å². The first-order chi connectivity index (χ1) is 11.6. The second-order valence-corrected chi connectivity index (χ2v) is 6.02. The van der Waals surface area contributed by atoms with Crippen LogP contribution in [-0.4, -0.2) is 7.11 Å². The Balaban J connectivity index is 2.27. The third-order valence-corrected chi connectivity index (χ3v) is 4.31. The molecule has 0 amide bonds. The molecule has 3 rings (SSSR count). The molecule has 0 spiro atoms. The van der Waals surface area contributed by atoms with Gasteiger partial charge in [0.1, 0.15) is 21.1 Å². The second-order valence-electron chi connectivity index (χ2n) is 6.02. The number of hydrogen-bond donors (Lipinski definition) is 0. The predicted octanol–water partition coefficient (Wildman–Crippen LogP) is 1.64. The van der Waals surface area contributed by atoms with E-state index in [4.69, 9.17) is 4.74 Å². The summed E-state index contributed by atoms with van der Waals surface area (Å²) < 4.78 is 11.9. The van der Waals surface area contributed by atoms with Crippen LogP contribution in [0.1, 0.15) is 5.56 Å². The standard InChI is InChI=1S/C20H24N3O/c1-21-11-7-5-9-17(21)19-13-16(15-24-4)14-20(23(19)3)18-10-6-8-12-22(18)2/h5-14H,15H2,1-4H3/q+3. The van der Waals surface area contributed by atoms with Gasteiger partial charge in [0.25, 0.3) is 22.8 Å². The van der Waals surface area contributed by atoms with Crippen LogP contribution in [0.2, 0.25) is 0 Å². The maximum Gasteiger partial charge on any atom is 0.278 e. The normalized spacial score (nSPS) is 10.8. The minimum Gasteiger partial charge on any atom is -0.380 e. The first-order valence-electron chi connectivity index (χ1n) is 8.03. The summed E-state index contributed by atoms with van der Waals surface area (Å²) in [5.74, 6) is 0. The Kier molecular flexibility index (Phi) is 4.67. The summed E-state index contributed by atoms with van der Waals surface area (Å²) in [7, 11) is 7.99. The lowest BCUT2D eigenvalue weighted by Crippen LogP contribution is -2.43. The molecule has 0 N–H and O–H groups in total. The monoisotopic (exact) mass is 322 g/mol. The zero-order valence-electron chi connectivity index (χ0n) is 14.7. The average Bonchev–Trinajstić information content (AvgIpc) is 2.58. The molecule has 4 heteroatoms. The Labute approximate surface area is 143 Å². The Morgan fingerprint density at radius 1 is 0.750 bits per heavy atom. The lowest BCUT2D eigenvalue weighted by Gasteiger charge is -2.07. The summed E-state index contributed by atoms with van der Waals surface area (Å²) >= 11 is 0. The van der Waals surface area contributed by atoms with Gasteiger partial charge in [0, 0.05) is 43.5 Å². The molecule has 3 heterocycles. The van der Waals surface area contributed by atoms with E-state index in [9.17, 15) is 0 Å². The van der Waals surface area contributed by atoms with Gasteiger partial charge in [-0.2, -0.15) is 13.7 Å². The lowest BCUT2D eigenvalue weighted by molar-refractivity contribution is -0.697. The molecule has 0 unspecified atom stereocenters. The quantitative estimate of drug-likeness (QED) is 0.669. The third-order valence-electron chi connectivity index (χ3n) is 4.31. The van der Waals surface area contributed by atoms with E-state index in [-0.39, 0.29) is 0 Å². The van der Waals surface area contributed by atoms with E-state index in [2.05, 4.69) is 83.6 Å².